The molecule has 8 heteroatoms. The third kappa shape index (κ3) is 4.29. The Morgan fingerprint density at radius 2 is 1.79 bits per heavy atom. The van der Waals surface area contributed by atoms with Crippen LogP contribution in [0.2, 0.25) is 0 Å². The molecular weight excluding hydrogens is 378 g/mol. The van der Waals surface area contributed by atoms with Gasteiger partial charge >= 0.3 is 0 Å². The molecule has 146 valence electrons. The molecule has 0 amide bonds. The maximum absolute atomic E-state index is 12.9. The van der Waals surface area contributed by atoms with Crippen LogP contribution in [-0.4, -0.2) is 25.7 Å². The van der Waals surface area contributed by atoms with Gasteiger partial charge in [0, 0.05) is 18.2 Å². The Hall–Kier alpha value is -2.97. The van der Waals surface area contributed by atoms with Crippen molar-refractivity contribution in [3.05, 3.63) is 75.6 Å². The van der Waals surface area contributed by atoms with E-state index >= 15 is 0 Å². The number of hydrogen-bond acceptors (Lipinski definition) is 5. The van der Waals surface area contributed by atoms with Crippen molar-refractivity contribution in [3.8, 4) is 17.0 Å². The van der Waals surface area contributed by atoms with Gasteiger partial charge in [0.1, 0.15) is 5.75 Å². The summed E-state index contributed by atoms with van der Waals surface area (Å²) in [5.74, 6) is 0.708. The third-order valence-electron chi connectivity index (χ3n) is 4.51. The van der Waals surface area contributed by atoms with Crippen LogP contribution < -0.4 is 15.0 Å². The standard InChI is InChI=1S/C20H21N3O4S/c1-13-10-16(18-8-9-20(24)23-22-18)11-19(14(13)2)28(25,26)21-12-15-4-6-17(27-3)7-5-15/h4-11,21H,12H2,1-3H3,(H,23,24). The zero-order chi connectivity index (χ0) is 20.3. The Morgan fingerprint density at radius 1 is 1.07 bits per heavy atom. The molecule has 0 radical (unpaired) electrons. The largest absolute Gasteiger partial charge is 0.497 e. The molecule has 7 nitrogen and oxygen atoms in total. The molecule has 3 rings (SSSR count). The highest BCUT2D eigenvalue weighted by molar-refractivity contribution is 7.89. The lowest BCUT2D eigenvalue weighted by molar-refractivity contribution is 0.414. The van der Waals surface area contributed by atoms with E-state index in [1.807, 2.05) is 13.0 Å². The van der Waals surface area contributed by atoms with Crippen LogP contribution in [0.5, 0.6) is 5.75 Å². The molecule has 28 heavy (non-hydrogen) atoms. The van der Waals surface area contributed by atoms with Gasteiger partial charge in [-0.3, -0.25) is 4.79 Å². The number of rotatable bonds is 6. The van der Waals surface area contributed by atoms with Gasteiger partial charge in [0.15, 0.2) is 0 Å². The van der Waals surface area contributed by atoms with Gasteiger partial charge in [-0.1, -0.05) is 12.1 Å². The van der Waals surface area contributed by atoms with E-state index < -0.39 is 10.0 Å². The minimum absolute atomic E-state index is 0.159. The number of sulfonamides is 1. The molecule has 0 aliphatic heterocycles. The van der Waals surface area contributed by atoms with Crippen LogP contribution in [-0.2, 0) is 16.6 Å². The second kappa shape index (κ2) is 7.95. The average molecular weight is 399 g/mol. The molecule has 0 atom stereocenters. The van der Waals surface area contributed by atoms with Gasteiger partial charge in [0.2, 0.25) is 10.0 Å². The van der Waals surface area contributed by atoms with Gasteiger partial charge in [-0.05, 0) is 60.9 Å². The minimum atomic E-state index is -3.75. The van der Waals surface area contributed by atoms with E-state index in [4.69, 9.17) is 4.74 Å². The molecular formula is C20H21N3O4S. The van der Waals surface area contributed by atoms with Crippen molar-refractivity contribution in [3.63, 3.8) is 0 Å². The first kappa shape index (κ1) is 19.8. The van der Waals surface area contributed by atoms with Gasteiger partial charge in [-0.15, -0.1) is 0 Å². The summed E-state index contributed by atoms with van der Waals surface area (Å²) in [4.78, 5) is 11.4. The number of aromatic nitrogens is 2. The summed E-state index contributed by atoms with van der Waals surface area (Å²) in [7, 11) is -2.17. The fraction of sp³-hybridized carbons (Fsp3) is 0.200. The van der Waals surface area contributed by atoms with E-state index in [0.29, 0.717) is 22.6 Å². The summed E-state index contributed by atoms with van der Waals surface area (Å²) >= 11 is 0. The van der Waals surface area contributed by atoms with Crippen LogP contribution in [0, 0.1) is 13.8 Å². The van der Waals surface area contributed by atoms with Crippen molar-refractivity contribution in [2.24, 2.45) is 0 Å². The number of ether oxygens (including phenoxy) is 1. The van der Waals surface area contributed by atoms with Gasteiger partial charge < -0.3 is 4.74 Å². The highest BCUT2D eigenvalue weighted by Crippen LogP contribution is 2.26. The van der Waals surface area contributed by atoms with E-state index in [1.165, 1.54) is 6.07 Å². The first-order valence-electron chi connectivity index (χ1n) is 8.60. The summed E-state index contributed by atoms with van der Waals surface area (Å²) in [6, 6.07) is 13.5. The predicted octanol–water partition coefficient (Wildman–Crippen LogP) is 2.54. The van der Waals surface area contributed by atoms with E-state index in [9.17, 15) is 13.2 Å². The van der Waals surface area contributed by atoms with Crippen LogP contribution in [0.25, 0.3) is 11.3 Å². The highest BCUT2D eigenvalue weighted by atomic mass is 32.2. The number of H-pyrrole nitrogens is 1. The summed E-state index contributed by atoms with van der Waals surface area (Å²) in [6.45, 7) is 3.76. The summed E-state index contributed by atoms with van der Waals surface area (Å²) in [5.41, 5.74) is 3.09. The van der Waals surface area contributed by atoms with Crippen molar-refractivity contribution >= 4 is 10.0 Å². The van der Waals surface area contributed by atoms with Crippen LogP contribution in [0.4, 0.5) is 0 Å². The van der Waals surface area contributed by atoms with Gasteiger partial charge in [-0.2, -0.15) is 5.10 Å². The van der Waals surface area contributed by atoms with Crippen molar-refractivity contribution in [2.45, 2.75) is 25.3 Å². The Kier molecular flexibility index (Phi) is 5.62. The topological polar surface area (TPSA) is 101 Å². The lowest BCUT2D eigenvalue weighted by atomic mass is 10.0. The van der Waals surface area contributed by atoms with Gasteiger partial charge in [0.25, 0.3) is 5.56 Å². The second-order valence-electron chi connectivity index (χ2n) is 6.40. The maximum Gasteiger partial charge on any atom is 0.264 e. The average Bonchev–Trinajstić information content (AvgIpc) is 2.69. The van der Waals surface area contributed by atoms with Crippen LogP contribution in [0.1, 0.15) is 16.7 Å². The molecule has 0 unspecified atom stereocenters. The molecule has 2 N–H and O–H groups in total. The zero-order valence-corrected chi connectivity index (χ0v) is 16.6. The van der Waals surface area contributed by atoms with Crippen molar-refractivity contribution < 1.29 is 13.2 Å². The second-order valence-corrected chi connectivity index (χ2v) is 8.13. The highest BCUT2D eigenvalue weighted by Gasteiger charge is 2.19. The number of nitrogens with zero attached hydrogens (tertiary/aromatic N) is 1. The van der Waals surface area contributed by atoms with Crippen molar-refractivity contribution in [2.75, 3.05) is 7.11 Å². The number of aromatic amines is 1. The SMILES string of the molecule is COc1ccc(CNS(=O)(=O)c2cc(-c3ccc(=O)[nH]n3)cc(C)c2C)cc1. The zero-order valence-electron chi connectivity index (χ0n) is 15.8. The smallest absolute Gasteiger partial charge is 0.264 e. The summed E-state index contributed by atoms with van der Waals surface area (Å²) in [6.07, 6.45) is 0. The molecule has 0 fully saturated rings. The molecule has 0 bridgehead atoms. The fourth-order valence-corrected chi connectivity index (χ4v) is 4.12. The van der Waals surface area contributed by atoms with E-state index in [1.54, 1.807) is 50.4 Å². The minimum Gasteiger partial charge on any atom is -0.497 e. The fourth-order valence-electron chi connectivity index (χ4n) is 2.76. The number of hydrogen-bond donors (Lipinski definition) is 2. The lowest BCUT2D eigenvalue weighted by Gasteiger charge is -2.14. The Labute approximate surface area is 163 Å². The third-order valence-corrected chi connectivity index (χ3v) is 6.04. The lowest BCUT2D eigenvalue weighted by Crippen LogP contribution is -2.24. The predicted molar refractivity (Wildman–Crippen MR) is 107 cm³/mol. The first-order valence-corrected chi connectivity index (χ1v) is 10.1. The van der Waals surface area contributed by atoms with Crippen molar-refractivity contribution in [1.82, 2.24) is 14.9 Å². The Morgan fingerprint density at radius 3 is 2.39 bits per heavy atom. The van der Waals surface area contributed by atoms with Crippen LogP contribution >= 0.6 is 0 Å². The maximum atomic E-state index is 12.9. The Bertz CT molecular complexity index is 1130. The van der Waals surface area contributed by atoms with Gasteiger partial charge in [-0.25, -0.2) is 18.2 Å². The molecule has 1 aromatic heterocycles. The molecule has 0 aliphatic carbocycles. The van der Waals surface area contributed by atoms with Crippen LogP contribution in [0.15, 0.2) is 58.2 Å². The number of methoxy groups -OCH3 is 1. The summed E-state index contributed by atoms with van der Waals surface area (Å²) in [5, 5.41) is 6.35. The summed E-state index contributed by atoms with van der Waals surface area (Å²) < 4.78 is 33.6. The number of aryl methyl sites for hydroxylation is 1. The molecule has 0 spiro atoms. The molecule has 2 aromatic carbocycles. The Balaban J connectivity index is 1.91. The van der Waals surface area contributed by atoms with E-state index in [-0.39, 0.29) is 17.0 Å². The molecule has 0 saturated heterocycles. The van der Waals surface area contributed by atoms with E-state index in [2.05, 4.69) is 14.9 Å². The molecule has 3 aromatic rings. The van der Waals surface area contributed by atoms with Crippen LogP contribution in [0.3, 0.4) is 0 Å². The van der Waals surface area contributed by atoms with Gasteiger partial charge in [0.05, 0.1) is 17.7 Å². The monoisotopic (exact) mass is 399 g/mol. The van der Waals surface area contributed by atoms with Crippen molar-refractivity contribution in [1.29, 1.82) is 0 Å². The number of nitrogens with one attached hydrogen (secondary N) is 2. The first-order chi connectivity index (χ1) is 13.3. The van der Waals surface area contributed by atoms with E-state index in [0.717, 1.165) is 11.1 Å². The molecule has 1 heterocycles. The number of benzene rings is 2. The quantitative estimate of drug-likeness (QED) is 0.663. The molecule has 0 saturated carbocycles. The molecule has 0 aliphatic rings. The normalized spacial score (nSPS) is 11.4.